The number of alkyl halides is 3. The van der Waals surface area contributed by atoms with E-state index in [0.29, 0.717) is 0 Å². The highest BCUT2D eigenvalue weighted by atomic mass is 19.4. The van der Waals surface area contributed by atoms with Gasteiger partial charge < -0.3 is 20.1 Å². The Balaban J connectivity index is 2.02. The normalized spacial score (nSPS) is 11.0. The first-order valence-corrected chi connectivity index (χ1v) is 6.38. The zero-order valence-corrected chi connectivity index (χ0v) is 11.5. The minimum atomic E-state index is -4.77. The zero-order chi connectivity index (χ0) is 17.0. The number of rotatable bonds is 4. The number of benzene rings is 2. The fourth-order valence-electron chi connectivity index (χ4n) is 1.75. The van der Waals surface area contributed by atoms with E-state index in [-0.39, 0.29) is 16.7 Å². The van der Waals surface area contributed by atoms with E-state index in [1.54, 1.807) is 0 Å². The Morgan fingerprint density at radius 1 is 1.00 bits per heavy atom. The summed E-state index contributed by atoms with van der Waals surface area (Å²) in [5, 5.41) is 20.4. The molecule has 2 aromatic carbocycles. The van der Waals surface area contributed by atoms with Gasteiger partial charge in [-0.15, -0.1) is 13.2 Å². The van der Waals surface area contributed by atoms with E-state index < -0.39 is 25.1 Å². The number of carbonyl (C=O) groups is 1. The first kappa shape index (κ1) is 16.8. The molecular weight excluding hydrogens is 314 g/mol. The topological polar surface area (TPSA) is 78.8 Å². The Morgan fingerprint density at radius 3 is 2.04 bits per heavy atom. The summed E-state index contributed by atoms with van der Waals surface area (Å²) in [4.78, 5) is 12.0. The minimum absolute atomic E-state index is 0.232. The van der Waals surface area contributed by atoms with Crippen LogP contribution in [-0.2, 0) is 0 Å². The molecule has 1 amide bonds. The van der Waals surface area contributed by atoms with Crippen molar-refractivity contribution in [1.29, 1.82) is 0 Å². The lowest BCUT2D eigenvalue weighted by Crippen LogP contribution is -2.29. The summed E-state index contributed by atoms with van der Waals surface area (Å²) in [5.74, 6) is -0.884. The minimum Gasteiger partial charge on any atom is -0.423 e. The average Bonchev–Trinajstić information content (AvgIpc) is 2.48. The van der Waals surface area contributed by atoms with E-state index in [9.17, 15) is 18.0 Å². The second-order valence-electron chi connectivity index (χ2n) is 4.52. The Bertz CT molecular complexity index is 672. The average molecular weight is 325 g/mol. The van der Waals surface area contributed by atoms with Crippen LogP contribution < -0.4 is 15.5 Å². The van der Waals surface area contributed by atoms with Gasteiger partial charge >= 0.3 is 13.5 Å². The van der Waals surface area contributed by atoms with E-state index in [1.165, 1.54) is 36.4 Å². The molecule has 0 unspecified atom stereocenters. The molecular formula is C14H11BF3NO4. The monoisotopic (exact) mass is 325 g/mol. The van der Waals surface area contributed by atoms with Crippen LogP contribution in [0.3, 0.4) is 0 Å². The molecule has 0 heterocycles. The summed E-state index contributed by atoms with van der Waals surface area (Å²) >= 11 is 0. The van der Waals surface area contributed by atoms with Crippen molar-refractivity contribution in [3.63, 3.8) is 0 Å². The molecule has 3 N–H and O–H groups in total. The van der Waals surface area contributed by atoms with Crippen molar-refractivity contribution in [3.05, 3.63) is 54.1 Å². The third kappa shape index (κ3) is 5.01. The molecule has 0 aromatic heterocycles. The largest absolute Gasteiger partial charge is 0.573 e. The molecule has 9 heteroatoms. The van der Waals surface area contributed by atoms with Crippen molar-refractivity contribution in [1.82, 2.24) is 0 Å². The number of ether oxygens (including phenoxy) is 1. The van der Waals surface area contributed by atoms with Crippen molar-refractivity contribution in [3.8, 4) is 5.75 Å². The third-order valence-corrected chi connectivity index (χ3v) is 2.82. The summed E-state index contributed by atoms with van der Waals surface area (Å²) in [6.45, 7) is 0. The standard InChI is InChI=1S/C14H11BF3NO4/c16-14(17,18)23-12-7-5-11(6-8-12)19-13(20)9-1-3-10(4-2-9)15(21)22/h1-8,21-22H,(H,19,20). The molecule has 23 heavy (non-hydrogen) atoms. The Morgan fingerprint density at radius 2 is 1.57 bits per heavy atom. The van der Waals surface area contributed by atoms with Crippen LogP contribution >= 0.6 is 0 Å². The van der Waals surface area contributed by atoms with Gasteiger partial charge in [0.05, 0.1) is 0 Å². The van der Waals surface area contributed by atoms with Gasteiger partial charge in [0.25, 0.3) is 5.91 Å². The van der Waals surface area contributed by atoms with Crippen LogP contribution in [0.1, 0.15) is 10.4 Å². The lowest BCUT2D eigenvalue weighted by atomic mass is 9.80. The molecule has 0 bridgehead atoms. The summed E-state index contributed by atoms with van der Waals surface area (Å²) in [5.41, 5.74) is 0.774. The smallest absolute Gasteiger partial charge is 0.423 e. The molecule has 5 nitrogen and oxygen atoms in total. The van der Waals surface area contributed by atoms with Crippen molar-refractivity contribution in [2.24, 2.45) is 0 Å². The number of amides is 1. The second-order valence-corrected chi connectivity index (χ2v) is 4.52. The maximum Gasteiger partial charge on any atom is 0.573 e. The third-order valence-electron chi connectivity index (χ3n) is 2.82. The molecule has 0 atom stereocenters. The van der Waals surface area contributed by atoms with Crippen LogP contribution in [0.4, 0.5) is 18.9 Å². The molecule has 2 rings (SSSR count). The number of carbonyl (C=O) groups excluding carboxylic acids is 1. The zero-order valence-electron chi connectivity index (χ0n) is 11.5. The van der Waals surface area contributed by atoms with E-state index >= 15 is 0 Å². The first-order chi connectivity index (χ1) is 10.7. The summed E-state index contributed by atoms with van der Waals surface area (Å²) in [6.07, 6.45) is -4.77. The molecule has 0 saturated carbocycles. The number of halogens is 3. The van der Waals surface area contributed by atoms with Gasteiger partial charge in [0.2, 0.25) is 0 Å². The second kappa shape index (κ2) is 6.72. The molecule has 0 fully saturated rings. The van der Waals surface area contributed by atoms with Gasteiger partial charge in [-0.1, -0.05) is 12.1 Å². The fourth-order valence-corrected chi connectivity index (χ4v) is 1.75. The number of anilines is 1. The Labute approximate surface area is 129 Å². The fraction of sp³-hybridized carbons (Fsp3) is 0.0714. The van der Waals surface area contributed by atoms with Gasteiger partial charge in [-0.25, -0.2) is 0 Å². The molecule has 0 aliphatic rings. The van der Waals surface area contributed by atoms with Crippen molar-refractivity contribution in [2.45, 2.75) is 6.36 Å². The summed E-state index contributed by atoms with van der Waals surface area (Å²) < 4.78 is 39.8. The highest BCUT2D eigenvalue weighted by molar-refractivity contribution is 6.58. The van der Waals surface area contributed by atoms with Gasteiger partial charge in [0.1, 0.15) is 5.75 Å². The lowest BCUT2D eigenvalue weighted by molar-refractivity contribution is -0.274. The quantitative estimate of drug-likeness (QED) is 0.745. The van der Waals surface area contributed by atoms with Crippen molar-refractivity contribution in [2.75, 3.05) is 5.32 Å². The van der Waals surface area contributed by atoms with E-state index in [0.717, 1.165) is 12.1 Å². The molecule has 0 aliphatic carbocycles. The Kier molecular flexibility index (Phi) is 4.92. The number of nitrogens with one attached hydrogen (secondary N) is 1. The van der Waals surface area contributed by atoms with Crippen LogP contribution in [0.2, 0.25) is 0 Å². The van der Waals surface area contributed by atoms with Gasteiger partial charge in [-0.05, 0) is 41.9 Å². The highest BCUT2D eigenvalue weighted by Crippen LogP contribution is 2.24. The van der Waals surface area contributed by atoms with Crippen molar-refractivity contribution >= 4 is 24.2 Å². The van der Waals surface area contributed by atoms with Crippen LogP contribution in [0, 0.1) is 0 Å². The highest BCUT2D eigenvalue weighted by Gasteiger charge is 2.30. The molecule has 0 aliphatic heterocycles. The van der Waals surface area contributed by atoms with E-state index in [4.69, 9.17) is 10.0 Å². The SMILES string of the molecule is O=C(Nc1ccc(OC(F)(F)F)cc1)c1ccc(B(O)O)cc1. The van der Waals surface area contributed by atoms with Gasteiger partial charge in [-0.3, -0.25) is 4.79 Å². The molecule has 0 radical (unpaired) electrons. The Hall–Kier alpha value is -2.52. The van der Waals surface area contributed by atoms with Gasteiger partial charge in [-0.2, -0.15) is 0 Å². The molecule has 2 aromatic rings. The summed E-state index contributed by atoms with van der Waals surface area (Å²) in [7, 11) is -1.63. The maximum absolute atomic E-state index is 12.0. The van der Waals surface area contributed by atoms with Crippen LogP contribution in [-0.4, -0.2) is 29.4 Å². The van der Waals surface area contributed by atoms with E-state index in [2.05, 4.69) is 10.1 Å². The van der Waals surface area contributed by atoms with Crippen LogP contribution in [0.15, 0.2) is 48.5 Å². The first-order valence-electron chi connectivity index (χ1n) is 6.38. The van der Waals surface area contributed by atoms with E-state index in [1.807, 2.05) is 0 Å². The number of hydrogen-bond donors (Lipinski definition) is 3. The van der Waals surface area contributed by atoms with Gasteiger partial charge in [0, 0.05) is 11.3 Å². The van der Waals surface area contributed by atoms with Crippen LogP contribution in [0.5, 0.6) is 5.75 Å². The summed E-state index contributed by atoms with van der Waals surface area (Å²) in [6, 6.07) is 10.2. The predicted molar refractivity (Wildman–Crippen MR) is 77.3 cm³/mol. The number of hydrogen-bond acceptors (Lipinski definition) is 4. The molecule has 0 saturated heterocycles. The van der Waals surface area contributed by atoms with Gasteiger partial charge in [0.15, 0.2) is 0 Å². The van der Waals surface area contributed by atoms with Crippen LogP contribution in [0.25, 0.3) is 0 Å². The lowest BCUT2D eigenvalue weighted by Gasteiger charge is -2.10. The molecule has 0 spiro atoms. The maximum atomic E-state index is 12.0. The van der Waals surface area contributed by atoms with Crippen molar-refractivity contribution < 1.29 is 32.8 Å². The predicted octanol–water partition coefficient (Wildman–Crippen LogP) is 1.52. The molecule has 120 valence electrons.